The average Bonchev–Trinajstić information content (AvgIpc) is 2.16. The summed E-state index contributed by atoms with van der Waals surface area (Å²) in [6.07, 6.45) is 5.23. The van der Waals surface area contributed by atoms with Crippen LogP contribution in [0.2, 0.25) is 0 Å². The van der Waals surface area contributed by atoms with Crippen LogP contribution in [0, 0.1) is 0 Å². The fourth-order valence-electron chi connectivity index (χ4n) is 1.07. The first-order valence-corrected chi connectivity index (χ1v) is 5.07. The first-order chi connectivity index (χ1) is 6.27. The van der Waals surface area contributed by atoms with Crippen molar-refractivity contribution >= 4 is 22.0 Å². The van der Waals surface area contributed by atoms with Crippen LogP contribution in [0.15, 0.2) is 28.7 Å². The topological polar surface area (TPSA) is 9.23 Å². The third-order valence-electron chi connectivity index (χ3n) is 1.73. The van der Waals surface area contributed by atoms with E-state index in [0.29, 0.717) is 0 Å². The van der Waals surface area contributed by atoms with Gasteiger partial charge in [-0.3, -0.25) is 0 Å². The number of benzene rings is 1. The summed E-state index contributed by atoms with van der Waals surface area (Å²) in [4.78, 5) is 0. The monoisotopic (exact) mass is 240 g/mol. The number of methoxy groups -OCH3 is 1. The molecule has 0 aromatic heterocycles. The largest absolute Gasteiger partial charge is 0.496 e. The summed E-state index contributed by atoms with van der Waals surface area (Å²) in [6.45, 7) is 2.11. The van der Waals surface area contributed by atoms with Gasteiger partial charge >= 0.3 is 0 Å². The maximum absolute atomic E-state index is 5.24. The third-order valence-corrected chi connectivity index (χ3v) is 2.22. The van der Waals surface area contributed by atoms with Crippen molar-refractivity contribution < 1.29 is 4.74 Å². The van der Waals surface area contributed by atoms with Gasteiger partial charge in [-0.2, -0.15) is 0 Å². The predicted molar refractivity (Wildman–Crippen MR) is 60.0 cm³/mol. The lowest BCUT2D eigenvalue weighted by molar-refractivity contribution is 0.413. The molecule has 13 heavy (non-hydrogen) atoms. The van der Waals surface area contributed by atoms with E-state index in [4.69, 9.17) is 4.74 Å². The van der Waals surface area contributed by atoms with Crippen LogP contribution < -0.4 is 4.74 Å². The molecule has 70 valence electrons. The van der Waals surface area contributed by atoms with Gasteiger partial charge in [0.05, 0.1) is 7.11 Å². The molecular formula is C11H13BrO. The van der Waals surface area contributed by atoms with E-state index < -0.39 is 0 Å². The number of hydrogen-bond acceptors (Lipinski definition) is 1. The van der Waals surface area contributed by atoms with Gasteiger partial charge in [0, 0.05) is 10.0 Å². The van der Waals surface area contributed by atoms with Crippen molar-refractivity contribution in [3.63, 3.8) is 0 Å². The molecule has 0 saturated heterocycles. The molecule has 0 unspecified atom stereocenters. The van der Waals surface area contributed by atoms with Gasteiger partial charge in [0.15, 0.2) is 0 Å². The Bertz CT molecular complexity index is 305. The number of allylic oxidation sites excluding steroid dienone is 1. The fraction of sp³-hybridized carbons (Fsp3) is 0.273. The van der Waals surface area contributed by atoms with Crippen LogP contribution in [-0.4, -0.2) is 7.11 Å². The molecule has 0 saturated carbocycles. The minimum atomic E-state index is 0.902. The molecule has 2 heteroatoms. The van der Waals surface area contributed by atoms with Crippen molar-refractivity contribution in [1.82, 2.24) is 0 Å². The second-order valence-corrected chi connectivity index (χ2v) is 3.61. The molecule has 0 fully saturated rings. The Morgan fingerprint density at radius 1 is 1.46 bits per heavy atom. The van der Waals surface area contributed by atoms with Gasteiger partial charge in [-0.05, 0) is 18.6 Å². The number of halogens is 1. The zero-order valence-corrected chi connectivity index (χ0v) is 9.47. The summed E-state index contributed by atoms with van der Waals surface area (Å²) >= 11 is 3.40. The SMILES string of the molecule is CC/C=C\c1ccc(Br)cc1OC. The summed E-state index contributed by atoms with van der Waals surface area (Å²) in [6, 6.07) is 6.02. The molecule has 0 spiro atoms. The Hall–Kier alpha value is -0.760. The van der Waals surface area contributed by atoms with Gasteiger partial charge < -0.3 is 4.74 Å². The normalized spacial score (nSPS) is 10.7. The van der Waals surface area contributed by atoms with Crippen molar-refractivity contribution in [2.24, 2.45) is 0 Å². The van der Waals surface area contributed by atoms with E-state index in [-0.39, 0.29) is 0 Å². The highest BCUT2D eigenvalue weighted by atomic mass is 79.9. The van der Waals surface area contributed by atoms with Crippen LogP contribution in [0.1, 0.15) is 18.9 Å². The Kier molecular flexibility index (Phi) is 4.03. The van der Waals surface area contributed by atoms with E-state index in [0.717, 1.165) is 22.2 Å². The summed E-state index contributed by atoms with van der Waals surface area (Å²) < 4.78 is 6.28. The molecule has 0 N–H and O–H groups in total. The van der Waals surface area contributed by atoms with Crippen molar-refractivity contribution in [3.8, 4) is 5.75 Å². The van der Waals surface area contributed by atoms with Gasteiger partial charge in [0.2, 0.25) is 0 Å². The van der Waals surface area contributed by atoms with E-state index in [1.807, 2.05) is 18.2 Å². The van der Waals surface area contributed by atoms with Crippen LogP contribution in [0.3, 0.4) is 0 Å². The van der Waals surface area contributed by atoms with Gasteiger partial charge in [0.1, 0.15) is 5.75 Å². The second kappa shape index (κ2) is 5.07. The van der Waals surface area contributed by atoms with E-state index in [1.54, 1.807) is 7.11 Å². The lowest BCUT2D eigenvalue weighted by Gasteiger charge is -2.04. The molecule has 1 rings (SSSR count). The van der Waals surface area contributed by atoms with Crippen molar-refractivity contribution in [3.05, 3.63) is 34.3 Å². The predicted octanol–water partition coefficient (Wildman–Crippen LogP) is 3.88. The summed E-state index contributed by atoms with van der Waals surface area (Å²) in [7, 11) is 1.69. The Morgan fingerprint density at radius 3 is 2.85 bits per heavy atom. The van der Waals surface area contributed by atoms with Crippen LogP contribution >= 0.6 is 15.9 Å². The average molecular weight is 241 g/mol. The van der Waals surface area contributed by atoms with Crippen molar-refractivity contribution in [2.45, 2.75) is 13.3 Å². The summed E-state index contributed by atoms with van der Waals surface area (Å²) in [5, 5.41) is 0. The van der Waals surface area contributed by atoms with Crippen LogP contribution in [0.5, 0.6) is 5.75 Å². The highest BCUT2D eigenvalue weighted by Gasteiger charge is 1.98. The molecule has 1 nitrogen and oxygen atoms in total. The minimum absolute atomic E-state index is 0.902. The first kappa shape index (κ1) is 10.3. The van der Waals surface area contributed by atoms with Gasteiger partial charge in [-0.1, -0.05) is 41.1 Å². The van der Waals surface area contributed by atoms with Crippen LogP contribution in [0.4, 0.5) is 0 Å². The number of rotatable bonds is 3. The molecule has 0 atom stereocenters. The van der Waals surface area contributed by atoms with E-state index >= 15 is 0 Å². The fourth-order valence-corrected chi connectivity index (χ4v) is 1.41. The molecule has 1 aromatic carbocycles. The Morgan fingerprint density at radius 2 is 2.23 bits per heavy atom. The lowest BCUT2D eigenvalue weighted by Crippen LogP contribution is -1.86. The van der Waals surface area contributed by atoms with Crippen LogP contribution in [-0.2, 0) is 0 Å². The first-order valence-electron chi connectivity index (χ1n) is 4.28. The molecule has 0 bridgehead atoms. The third kappa shape index (κ3) is 2.88. The molecule has 0 radical (unpaired) electrons. The molecule has 0 aliphatic rings. The molecule has 0 aliphatic carbocycles. The number of hydrogen-bond donors (Lipinski definition) is 0. The maximum atomic E-state index is 5.24. The molecule has 0 amide bonds. The van der Waals surface area contributed by atoms with E-state index in [2.05, 4.69) is 35.0 Å². The molecule has 1 aromatic rings. The van der Waals surface area contributed by atoms with Crippen LogP contribution in [0.25, 0.3) is 6.08 Å². The molecular weight excluding hydrogens is 228 g/mol. The van der Waals surface area contributed by atoms with E-state index in [9.17, 15) is 0 Å². The molecule has 0 aliphatic heterocycles. The molecule has 0 heterocycles. The zero-order chi connectivity index (χ0) is 9.68. The zero-order valence-electron chi connectivity index (χ0n) is 7.88. The summed E-state index contributed by atoms with van der Waals surface area (Å²) in [5.74, 6) is 0.902. The van der Waals surface area contributed by atoms with Crippen molar-refractivity contribution in [1.29, 1.82) is 0 Å². The second-order valence-electron chi connectivity index (χ2n) is 2.70. The smallest absolute Gasteiger partial charge is 0.127 e. The Balaban J connectivity index is 2.99. The standard InChI is InChI=1S/C11H13BrO/c1-3-4-5-9-6-7-10(12)8-11(9)13-2/h4-8H,3H2,1-2H3/b5-4-. The van der Waals surface area contributed by atoms with E-state index in [1.165, 1.54) is 0 Å². The van der Waals surface area contributed by atoms with Gasteiger partial charge in [-0.25, -0.2) is 0 Å². The highest BCUT2D eigenvalue weighted by Crippen LogP contribution is 2.24. The van der Waals surface area contributed by atoms with Crippen molar-refractivity contribution in [2.75, 3.05) is 7.11 Å². The lowest BCUT2D eigenvalue weighted by atomic mass is 10.2. The van der Waals surface area contributed by atoms with Gasteiger partial charge in [-0.15, -0.1) is 0 Å². The maximum Gasteiger partial charge on any atom is 0.127 e. The summed E-state index contributed by atoms with van der Waals surface area (Å²) in [5.41, 5.74) is 1.12. The highest BCUT2D eigenvalue weighted by molar-refractivity contribution is 9.10. The minimum Gasteiger partial charge on any atom is -0.496 e. The quantitative estimate of drug-likeness (QED) is 0.780. The van der Waals surface area contributed by atoms with Gasteiger partial charge in [0.25, 0.3) is 0 Å². The Labute approximate surface area is 87.5 Å². The number of ether oxygens (including phenoxy) is 1.